The van der Waals surface area contributed by atoms with Gasteiger partial charge in [0.05, 0.1) is 13.7 Å². The van der Waals surface area contributed by atoms with Gasteiger partial charge in [0.25, 0.3) is 5.91 Å². The zero-order valence-electron chi connectivity index (χ0n) is 28.0. The minimum atomic E-state index is -4.63. The van der Waals surface area contributed by atoms with Gasteiger partial charge in [-0.3, -0.25) is 4.79 Å². The molecular weight excluding hydrogens is 649 g/mol. The van der Waals surface area contributed by atoms with Gasteiger partial charge in [-0.2, -0.15) is 13.2 Å². The lowest BCUT2D eigenvalue weighted by Gasteiger charge is -2.41. The van der Waals surface area contributed by atoms with Crippen LogP contribution in [0.4, 0.5) is 23.7 Å². The maximum Gasteiger partial charge on any atom is 0.408 e. The summed E-state index contributed by atoms with van der Waals surface area (Å²) in [6.45, 7) is 5.28. The van der Waals surface area contributed by atoms with E-state index >= 15 is 0 Å². The minimum absolute atomic E-state index is 0.116. The molecule has 1 heterocycles. The van der Waals surface area contributed by atoms with Crippen LogP contribution in [0.5, 0.6) is 5.75 Å². The van der Waals surface area contributed by atoms with E-state index in [-0.39, 0.29) is 29.7 Å². The molecule has 2 aromatic rings. The number of anilines is 1. The van der Waals surface area contributed by atoms with Gasteiger partial charge in [-0.05, 0) is 81.5 Å². The Kier molecular flexibility index (Phi) is 11.9. The number of carbonyl (C=O) groups is 3. The predicted octanol–water partition coefficient (Wildman–Crippen LogP) is 6.90. The van der Waals surface area contributed by atoms with Crippen molar-refractivity contribution < 1.29 is 41.5 Å². The zero-order valence-corrected chi connectivity index (χ0v) is 28.8. The summed E-state index contributed by atoms with van der Waals surface area (Å²) in [6.07, 6.45) is -0.894. The molecule has 4 rings (SSSR count). The molecule has 0 bridgehead atoms. The SMILES string of the molecule is COc1ccc(NC(Cc2ccc(Cl)cc2C[N+]2(C(=O)[C@H](NC(=O)OC(C)(C)C)C3CCCCC3)CCC[C@H]2C(N)=O)C(F)(F)F)cc1. The molecule has 2 aliphatic rings. The maximum absolute atomic E-state index is 14.9. The van der Waals surface area contributed by atoms with Crippen molar-refractivity contribution in [2.45, 2.75) is 109 Å². The van der Waals surface area contributed by atoms with Gasteiger partial charge in [-0.15, -0.1) is 0 Å². The van der Waals surface area contributed by atoms with Gasteiger partial charge in [0.2, 0.25) is 0 Å². The average Bonchev–Trinajstić information content (AvgIpc) is 3.45. The van der Waals surface area contributed by atoms with Crippen LogP contribution in [0.25, 0.3) is 0 Å². The fourth-order valence-electron chi connectivity index (χ4n) is 7.05. The first-order valence-corrected chi connectivity index (χ1v) is 16.8. The van der Waals surface area contributed by atoms with E-state index in [1.807, 2.05) is 0 Å². The van der Waals surface area contributed by atoms with Crippen molar-refractivity contribution in [3.63, 3.8) is 0 Å². The fraction of sp³-hybridized carbons (Fsp3) is 0.571. The molecular formula is C35H47ClF3N4O5+. The largest absolute Gasteiger partial charge is 0.497 e. The van der Waals surface area contributed by atoms with Crippen LogP contribution in [0.15, 0.2) is 42.5 Å². The quantitative estimate of drug-likeness (QED) is 0.220. The van der Waals surface area contributed by atoms with E-state index in [9.17, 15) is 27.6 Å². The second-order valence-corrected chi connectivity index (χ2v) is 14.4. The topological polar surface area (TPSA) is 120 Å². The summed E-state index contributed by atoms with van der Waals surface area (Å²) >= 11 is 6.42. The standard InChI is InChI=1S/C35H46ClF3N4O5/c1-34(2,3)48-33(46)42-30(22-9-6-5-7-10-22)32(45)43(18-8-11-28(43)31(40)44)21-24-19-25(36)13-12-23(24)20-29(35(37,38)39)41-26-14-16-27(47-4)17-15-26/h12-17,19,22,28-30,41H,5-11,18,20-21H2,1-4H3,(H2-,40,42,44,46)/p+1/t28-,29?,30+,43?/m0/s1. The van der Waals surface area contributed by atoms with Crippen LogP contribution >= 0.6 is 11.6 Å². The Bertz CT molecular complexity index is 1440. The smallest absolute Gasteiger partial charge is 0.408 e. The lowest BCUT2D eigenvalue weighted by Crippen LogP contribution is -2.66. The van der Waals surface area contributed by atoms with Crippen LogP contribution in [0.2, 0.25) is 5.02 Å². The van der Waals surface area contributed by atoms with Crippen molar-refractivity contribution in [1.82, 2.24) is 5.32 Å². The highest BCUT2D eigenvalue weighted by molar-refractivity contribution is 6.30. The Morgan fingerprint density at radius 2 is 1.65 bits per heavy atom. The molecule has 1 saturated carbocycles. The molecule has 13 heteroatoms. The Balaban J connectivity index is 1.73. The Morgan fingerprint density at radius 1 is 0.979 bits per heavy atom. The maximum atomic E-state index is 14.9. The van der Waals surface area contributed by atoms with E-state index in [1.165, 1.54) is 31.4 Å². The van der Waals surface area contributed by atoms with Gasteiger partial charge in [0.1, 0.15) is 23.9 Å². The van der Waals surface area contributed by atoms with E-state index in [4.69, 9.17) is 26.8 Å². The molecule has 2 unspecified atom stereocenters. The van der Waals surface area contributed by atoms with Crippen LogP contribution in [0.1, 0.15) is 76.8 Å². The summed E-state index contributed by atoms with van der Waals surface area (Å²) in [5.74, 6) is -0.780. The summed E-state index contributed by atoms with van der Waals surface area (Å²) in [6, 6.07) is 6.82. The van der Waals surface area contributed by atoms with Crippen molar-refractivity contribution in [3.8, 4) is 5.75 Å². The third kappa shape index (κ3) is 9.34. The molecule has 1 aliphatic heterocycles. The van der Waals surface area contributed by atoms with Gasteiger partial charge in [0.15, 0.2) is 12.1 Å². The lowest BCUT2D eigenvalue weighted by molar-refractivity contribution is -0.871. The van der Waals surface area contributed by atoms with Crippen LogP contribution in [-0.4, -0.2) is 65.9 Å². The highest BCUT2D eigenvalue weighted by Gasteiger charge is 2.55. The number of likely N-dealkylation sites (tertiary alicyclic amines) is 1. The number of hydrogen-bond acceptors (Lipinski definition) is 6. The molecule has 0 spiro atoms. The molecule has 264 valence electrons. The van der Waals surface area contributed by atoms with Gasteiger partial charge in [-0.1, -0.05) is 36.9 Å². The Hall–Kier alpha value is -3.51. The fourth-order valence-corrected chi connectivity index (χ4v) is 7.24. The number of nitrogens with one attached hydrogen (secondary N) is 2. The number of halogens is 4. The number of primary amides is 1. The van der Waals surface area contributed by atoms with E-state index in [1.54, 1.807) is 39.0 Å². The predicted molar refractivity (Wildman–Crippen MR) is 177 cm³/mol. The first-order valence-electron chi connectivity index (χ1n) is 16.5. The number of benzene rings is 2. The number of methoxy groups -OCH3 is 1. The Morgan fingerprint density at radius 3 is 2.23 bits per heavy atom. The average molecular weight is 696 g/mol. The molecule has 48 heavy (non-hydrogen) atoms. The number of ether oxygens (including phenoxy) is 2. The highest BCUT2D eigenvalue weighted by Crippen LogP contribution is 2.37. The van der Waals surface area contributed by atoms with E-state index in [0.29, 0.717) is 42.6 Å². The number of hydrogen-bond donors (Lipinski definition) is 3. The highest BCUT2D eigenvalue weighted by atomic mass is 35.5. The molecule has 4 atom stereocenters. The summed E-state index contributed by atoms with van der Waals surface area (Å²) in [7, 11) is 1.47. The van der Waals surface area contributed by atoms with Gasteiger partial charge >= 0.3 is 18.2 Å². The third-order valence-corrected chi connectivity index (χ3v) is 9.56. The van der Waals surface area contributed by atoms with Crippen LogP contribution < -0.4 is 21.1 Å². The van der Waals surface area contributed by atoms with Gasteiger partial charge in [0, 0.05) is 35.5 Å². The first kappa shape index (κ1) is 37.3. The number of nitrogens with two attached hydrogens (primary N) is 1. The molecule has 4 N–H and O–H groups in total. The van der Waals surface area contributed by atoms with Crippen molar-refractivity contribution in [1.29, 1.82) is 0 Å². The Labute approximate surface area is 285 Å². The monoisotopic (exact) mass is 695 g/mol. The second-order valence-electron chi connectivity index (χ2n) is 13.9. The van der Waals surface area contributed by atoms with Crippen molar-refractivity contribution in [2.24, 2.45) is 11.7 Å². The van der Waals surface area contributed by atoms with Gasteiger partial charge in [-0.25, -0.2) is 14.1 Å². The summed E-state index contributed by atoms with van der Waals surface area (Å²) < 4.78 is 53.7. The van der Waals surface area contributed by atoms with E-state index in [0.717, 1.165) is 19.3 Å². The first-order chi connectivity index (χ1) is 22.5. The number of rotatable bonds is 11. The number of carbonyl (C=O) groups excluding carboxylic acids is 3. The number of alkyl carbamates (subject to hydrolysis) is 1. The molecule has 3 amide bonds. The van der Waals surface area contributed by atoms with Crippen molar-refractivity contribution in [3.05, 3.63) is 58.6 Å². The van der Waals surface area contributed by atoms with Gasteiger partial charge < -0.3 is 25.8 Å². The summed E-state index contributed by atoms with van der Waals surface area (Å²) in [4.78, 5) is 41.0. The number of quaternary nitrogens is 1. The molecule has 2 fully saturated rings. The summed E-state index contributed by atoms with van der Waals surface area (Å²) in [5.41, 5.74) is 6.08. The molecule has 1 aliphatic carbocycles. The normalized spacial score (nSPS) is 21.6. The zero-order chi connectivity index (χ0) is 35.3. The molecule has 1 saturated heterocycles. The lowest BCUT2D eigenvalue weighted by atomic mass is 9.82. The van der Waals surface area contributed by atoms with E-state index in [2.05, 4.69) is 10.6 Å². The number of amides is 3. The van der Waals surface area contributed by atoms with Crippen LogP contribution in [0, 0.1) is 5.92 Å². The molecule has 0 aromatic heterocycles. The summed E-state index contributed by atoms with van der Waals surface area (Å²) in [5, 5.41) is 5.70. The van der Waals surface area contributed by atoms with Crippen LogP contribution in [-0.2, 0) is 27.3 Å². The molecule has 0 radical (unpaired) electrons. The van der Waals surface area contributed by atoms with E-state index < -0.39 is 58.7 Å². The molecule has 9 nitrogen and oxygen atoms in total. The van der Waals surface area contributed by atoms with Crippen LogP contribution in [0.3, 0.4) is 0 Å². The molecule has 2 aromatic carbocycles. The van der Waals surface area contributed by atoms with Crippen molar-refractivity contribution in [2.75, 3.05) is 19.0 Å². The number of nitrogens with zero attached hydrogens (tertiary/aromatic N) is 1. The second kappa shape index (κ2) is 15.4. The van der Waals surface area contributed by atoms with Crippen molar-refractivity contribution >= 4 is 35.2 Å². The number of alkyl halides is 3. The minimum Gasteiger partial charge on any atom is -0.497 e. The third-order valence-electron chi connectivity index (χ3n) is 9.33.